The molecular formula is C8H15NO3. The summed E-state index contributed by atoms with van der Waals surface area (Å²) in [7, 11) is 1.31. The molecule has 0 aromatic rings. The highest BCUT2D eigenvalue weighted by atomic mass is 16.5. The molecule has 0 aromatic carbocycles. The van der Waals surface area contributed by atoms with Crippen molar-refractivity contribution in [1.82, 2.24) is 0 Å². The van der Waals surface area contributed by atoms with Crippen LogP contribution in [-0.4, -0.2) is 23.9 Å². The van der Waals surface area contributed by atoms with Crippen molar-refractivity contribution >= 4 is 5.97 Å². The summed E-state index contributed by atoms with van der Waals surface area (Å²) >= 11 is 0. The number of aliphatic hydroxyl groups is 1. The Morgan fingerprint density at radius 1 is 1.67 bits per heavy atom. The third-order valence-corrected chi connectivity index (χ3v) is 2.41. The van der Waals surface area contributed by atoms with E-state index in [9.17, 15) is 9.90 Å². The van der Waals surface area contributed by atoms with E-state index in [0.717, 1.165) is 12.8 Å². The Kier molecular flexibility index (Phi) is 2.69. The van der Waals surface area contributed by atoms with Gasteiger partial charge in [0.25, 0.3) is 0 Å². The SMILES string of the molecule is COC(=O)C1CCCCC1(N)O. The van der Waals surface area contributed by atoms with Gasteiger partial charge in [0.1, 0.15) is 5.72 Å². The fourth-order valence-electron chi connectivity index (χ4n) is 1.65. The minimum atomic E-state index is -1.36. The van der Waals surface area contributed by atoms with Gasteiger partial charge in [-0.25, -0.2) is 0 Å². The monoisotopic (exact) mass is 173 g/mol. The standard InChI is InChI=1S/C8H15NO3/c1-12-7(10)6-4-2-3-5-8(6,9)11/h6,11H,2-5,9H2,1H3. The second kappa shape index (κ2) is 3.41. The van der Waals surface area contributed by atoms with Crippen molar-refractivity contribution in [3.8, 4) is 0 Å². The highest BCUT2D eigenvalue weighted by molar-refractivity contribution is 5.73. The molecule has 12 heavy (non-hydrogen) atoms. The maximum atomic E-state index is 11.1. The van der Waals surface area contributed by atoms with Crippen LogP contribution >= 0.6 is 0 Å². The van der Waals surface area contributed by atoms with Gasteiger partial charge in [-0.1, -0.05) is 6.42 Å². The molecule has 70 valence electrons. The van der Waals surface area contributed by atoms with Crippen molar-refractivity contribution in [1.29, 1.82) is 0 Å². The van der Waals surface area contributed by atoms with E-state index in [2.05, 4.69) is 4.74 Å². The molecule has 4 nitrogen and oxygen atoms in total. The molecule has 4 heteroatoms. The fourth-order valence-corrected chi connectivity index (χ4v) is 1.65. The molecule has 0 aromatic heterocycles. The third-order valence-electron chi connectivity index (χ3n) is 2.41. The number of esters is 1. The van der Waals surface area contributed by atoms with E-state index in [0.29, 0.717) is 12.8 Å². The number of rotatable bonds is 1. The van der Waals surface area contributed by atoms with Crippen LogP contribution in [0.5, 0.6) is 0 Å². The molecule has 1 fully saturated rings. The van der Waals surface area contributed by atoms with E-state index < -0.39 is 17.6 Å². The van der Waals surface area contributed by atoms with Gasteiger partial charge in [-0.15, -0.1) is 0 Å². The molecule has 0 spiro atoms. The van der Waals surface area contributed by atoms with E-state index in [1.807, 2.05) is 0 Å². The summed E-state index contributed by atoms with van der Waals surface area (Å²) in [5.74, 6) is -0.948. The second-order valence-electron chi connectivity index (χ2n) is 3.31. The predicted octanol–water partition coefficient (Wildman–Crippen LogP) is -0.00310. The largest absolute Gasteiger partial charge is 0.469 e. The number of ether oxygens (including phenoxy) is 1. The molecule has 1 aliphatic carbocycles. The maximum Gasteiger partial charge on any atom is 0.312 e. The smallest absolute Gasteiger partial charge is 0.312 e. The predicted molar refractivity (Wildman–Crippen MR) is 43.1 cm³/mol. The van der Waals surface area contributed by atoms with Gasteiger partial charge >= 0.3 is 5.97 Å². The molecule has 0 amide bonds. The average Bonchev–Trinajstić information content (AvgIpc) is 2.02. The Hall–Kier alpha value is -0.610. The van der Waals surface area contributed by atoms with Gasteiger partial charge in [-0.3, -0.25) is 4.79 Å². The van der Waals surface area contributed by atoms with E-state index in [1.165, 1.54) is 7.11 Å². The summed E-state index contributed by atoms with van der Waals surface area (Å²) < 4.78 is 4.55. The highest BCUT2D eigenvalue weighted by Gasteiger charge is 2.40. The van der Waals surface area contributed by atoms with Crippen LogP contribution < -0.4 is 5.73 Å². The Labute approximate surface area is 71.7 Å². The summed E-state index contributed by atoms with van der Waals surface area (Å²) in [6.07, 6.45) is 2.91. The molecule has 3 N–H and O–H groups in total. The average molecular weight is 173 g/mol. The van der Waals surface area contributed by atoms with Crippen LogP contribution in [0.15, 0.2) is 0 Å². The fraction of sp³-hybridized carbons (Fsp3) is 0.875. The van der Waals surface area contributed by atoms with Gasteiger partial charge in [0.15, 0.2) is 0 Å². The number of hydrogen-bond acceptors (Lipinski definition) is 4. The molecule has 0 radical (unpaired) electrons. The van der Waals surface area contributed by atoms with Gasteiger partial charge in [0.05, 0.1) is 13.0 Å². The summed E-state index contributed by atoms with van der Waals surface area (Å²) in [5, 5.41) is 9.61. The van der Waals surface area contributed by atoms with Crippen LogP contribution in [0.3, 0.4) is 0 Å². The number of hydrogen-bond donors (Lipinski definition) is 2. The molecule has 0 aliphatic heterocycles. The first-order valence-corrected chi connectivity index (χ1v) is 4.17. The van der Waals surface area contributed by atoms with E-state index in [1.54, 1.807) is 0 Å². The van der Waals surface area contributed by atoms with Crippen molar-refractivity contribution < 1.29 is 14.6 Å². The Bertz CT molecular complexity index is 179. The number of nitrogens with two attached hydrogens (primary N) is 1. The molecule has 1 saturated carbocycles. The van der Waals surface area contributed by atoms with Crippen LogP contribution in [0.4, 0.5) is 0 Å². The Morgan fingerprint density at radius 3 is 2.83 bits per heavy atom. The molecule has 1 aliphatic rings. The molecule has 0 saturated heterocycles. The first-order valence-electron chi connectivity index (χ1n) is 4.17. The van der Waals surface area contributed by atoms with E-state index in [4.69, 9.17) is 5.73 Å². The van der Waals surface area contributed by atoms with Crippen LogP contribution in [0, 0.1) is 5.92 Å². The van der Waals surface area contributed by atoms with Crippen LogP contribution in [-0.2, 0) is 9.53 Å². The van der Waals surface area contributed by atoms with Crippen LogP contribution in [0.1, 0.15) is 25.7 Å². The van der Waals surface area contributed by atoms with Gasteiger partial charge in [-0.05, 0) is 19.3 Å². The lowest BCUT2D eigenvalue weighted by Gasteiger charge is -2.34. The van der Waals surface area contributed by atoms with Crippen molar-refractivity contribution in [3.63, 3.8) is 0 Å². The molecular weight excluding hydrogens is 158 g/mol. The molecule has 0 bridgehead atoms. The highest BCUT2D eigenvalue weighted by Crippen LogP contribution is 2.30. The van der Waals surface area contributed by atoms with Crippen LogP contribution in [0.2, 0.25) is 0 Å². The van der Waals surface area contributed by atoms with Crippen molar-refractivity contribution in [3.05, 3.63) is 0 Å². The first kappa shape index (κ1) is 9.48. The lowest BCUT2D eigenvalue weighted by Crippen LogP contribution is -2.52. The van der Waals surface area contributed by atoms with Gasteiger partial charge in [0.2, 0.25) is 0 Å². The van der Waals surface area contributed by atoms with Crippen molar-refractivity contribution in [2.24, 2.45) is 11.7 Å². The van der Waals surface area contributed by atoms with Gasteiger partial charge in [0, 0.05) is 0 Å². The Balaban J connectivity index is 2.66. The second-order valence-corrected chi connectivity index (χ2v) is 3.31. The maximum absolute atomic E-state index is 11.1. The summed E-state index contributed by atoms with van der Waals surface area (Å²) in [6, 6.07) is 0. The molecule has 2 atom stereocenters. The van der Waals surface area contributed by atoms with E-state index >= 15 is 0 Å². The number of carbonyl (C=O) groups is 1. The van der Waals surface area contributed by atoms with E-state index in [-0.39, 0.29) is 0 Å². The van der Waals surface area contributed by atoms with Gasteiger partial charge in [-0.2, -0.15) is 0 Å². The van der Waals surface area contributed by atoms with Crippen LogP contribution in [0.25, 0.3) is 0 Å². The lowest BCUT2D eigenvalue weighted by molar-refractivity contribution is -0.159. The van der Waals surface area contributed by atoms with Crippen molar-refractivity contribution in [2.75, 3.05) is 7.11 Å². The zero-order valence-electron chi connectivity index (χ0n) is 7.25. The Morgan fingerprint density at radius 2 is 2.33 bits per heavy atom. The number of methoxy groups -OCH3 is 1. The minimum Gasteiger partial charge on any atom is -0.469 e. The zero-order chi connectivity index (χ0) is 9.19. The number of carbonyl (C=O) groups excluding carboxylic acids is 1. The minimum absolute atomic E-state index is 0.403. The summed E-state index contributed by atoms with van der Waals surface area (Å²) in [5.41, 5.74) is 4.20. The summed E-state index contributed by atoms with van der Waals surface area (Å²) in [6.45, 7) is 0. The van der Waals surface area contributed by atoms with Crippen molar-refractivity contribution in [2.45, 2.75) is 31.4 Å². The lowest BCUT2D eigenvalue weighted by atomic mass is 9.82. The first-order chi connectivity index (χ1) is 5.58. The normalized spacial score (nSPS) is 36.1. The zero-order valence-corrected chi connectivity index (χ0v) is 7.25. The topological polar surface area (TPSA) is 72.5 Å². The molecule has 1 rings (SSSR count). The van der Waals surface area contributed by atoms with Gasteiger partial charge < -0.3 is 15.6 Å². The summed E-state index contributed by atoms with van der Waals surface area (Å²) in [4.78, 5) is 11.1. The quantitative estimate of drug-likeness (QED) is 0.432. The molecule has 0 heterocycles. The third kappa shape index (κ3) is 1.76. The molecule has 2 unspecified atom stereocenters.